The molecule has 3 N–H and O–H groups in total. The van der Waals surface area contributed by atoms with Gasteiger partial charge in [0, 0.05) is 31.9 Å². The maximum atomic E-state index is 13.7. The fourth-order valence-electron chi connectivity index (χ4n) is 6.03. The molecule has 3 rings (SSSR count). The molecule has 0 spiro atoms. The number of hydrogen-bond donors (Lipinski definition) is 3. The Kier molecular flexibility index (Phi) is 8.89. The van der Waals surface area contributed by atoms with E-state index in [4.69, 9.17) is 0 Å². The lowest BCUT2D eigenvalue weighted by molar-refractivity contribution is -0.132. The van der Waals surface area contributed by atoms with Gasteiger partial charge in [-0.3, -0.25) is 10.0 Å². The molecular formula is C26H44N4O4S. The highest BCUT2D eigenvalue weighted by atomic mass is 32.2. The number of piperidine rings is 1. The van der Waals surface area contributed by atoms with Crippen LogP contribution in [0.5, 0.6) is 0 Å². The lowest BCUT2D eigenvalue weighted by atomic mass is 9.85. The third-order valence-corrected chi connectivity index (χ3v) is 11.0. The number of rotatable bonds is 8. The fourth-order valence-corrected chi connectivity index (χ4v) is 8.17. The standard InChI is InChI=1S/C26H44N4O4S/c1-7-8-18(2)17-23-19(3)21(5)24(22(6)20(23)4)29-13-15-30(16-14-29)35(33,34)26(25(31)28-32)9-11-27-12-10-26/h18,27,32H,7-17H2,1-6H3,(H,28,31). The van der Waals surface area contributed by atoms with Crippen LogP contribution in [0.2, 0.25) is 0 Å². The first-order chi connectivity index (χ1) is 16.5. The first-order valence-corrected chi connectivity index (χ1v) is 14.4. The van der Waals surface area contributed by atoms with Gasteiger partial charge >= 0.3 is 0 Å². The number of carbonyl (C=O) groups excluding carboxylic acids is 1. The summed E-state index contributed by atoms with van der Waals surface area (Å²) in [5.74, 6) is -0.179. The van der Waals surface area contributed by atoms with E-state index >= 15 is 0 Å². The smallest absolute Gasteiger partial charge is 0.266 e. The number of sulfonamides is 1. The van der Waals surface area contributed by atoms with Gasteiger partial charge in [0.15, 0.2) is 4.75 Å². The second-order valence-electron chi connectivity index (χ2n) is 10.5. The van der Waals surface area contributed by atoms with Crippen molar-refractivity contribution in [2.45, 2.75) is 78.4 Å². The van der Waals surface area contributed by atoms with E-state index in [-0.39, 0.29) is 12.8 Å². The summed E-state index contributed by atoms with van der Waals surface area (Å²) in [4.78, 5) is 14.9. The van der Waals surface area contributed by atoms with Gasteiger partial charge in [-0.2, -0.15) is 4.31 Å². The number of hydrogen-bond acceptors (Lipinski definition) is 6. The van der Waals surface area contributed by atoms with E-state index in [1.54, 1.807) is 5.48 Å². The zero-order valence-corrected chi connectivity index (χ0v) is 23.1. The molecule has 35 heavy (non-hydrogen) atoms. The molecule has 0 aromatic heterocycles. The summed E-state index contributed by atoms with van der Waals surface area (Å²) in [7, 11) is -3.93. The Balaban J connectivity index is 1.84. The molecule has 1 atom stereocenters. The molecule has 8 nitrogen and oxygen atoms in total. The Bertz CT molecular complexity index is 997. The third-order valence-electron chi connectivity index (χ3n) is 8.39. The number of piperazine rings is 1. The molecule has 0 bridgehead atoms. The van der Waals surface area contributed by atoms with Gasteiger partial charge < -0.3 is 10.2 Å². The van der Waals surface area contributed by atoms with E-state index < -0.39 is 20.7 Å². The normalized spacial score (nSPS) is 20.0. The van der Waals surface area contributed by atoms with Crippen molar-refractivity contribution in [3.8, 4) is 0 Å². The van der Waals surface area contributed by atoms with Crippen LogP contribution in [0.15, 0.2) is 0 Å². The minimum atomic E-state index is -3.93. The molecular weight excluding hydrogens is 464 g/mol. The second kappa shape index (κ2) is 11.2. The van der Waals surface area contributed by atoms with Crippen LogP contribution in [0.25, 0.3) is 0 Å². The molecule has 2 aliphatic heterocycles. The van der Waals surface area contributed by atoms with E-state index in [2.05, 4.69) is 51.8 Å². The minimum Gasteiger partial charge on any atom is -0.368 e. The Labute approximate surface area is 211 Å². The van der Waals surface area contributed by atoms with Crippen molar-refractivity contribution in [1.82, 2.24) is 15.1 Å². The van der Waals surface area contributed by atoms with Crippen LogP contribution in [-0.4, -0.2) is 67.9 Å². The molecule has 2 saturated heterocycles. The second-order valence-corrected chi connectivity index (χ2v) is 12.7. The van der Waals surface area contributed by atoms with E-state index in [0.717, 1.165) is 6.42 Å². The van der Waals surface area contributed by atoms with E-state index in [1.165, 1.54) is 50.7 Å². The summed E-state index contributed by atoms with van der Waals surface area (Å²) in [5.41, 5.74) is 9.53. The Morgan fingerprint density at radius 3 is 2.06 bits per heavy atom. The van der Waals surface area contributed by atoms with Crippen molar-refractivity contribution in [2.75, 3.05) is 44.2 Å². The summed E-state index contributed by atoms with van der Waals surface area (Å²) in [5, 5.41) is 12.4. The van der Waals surface area contributed by atoms with Crippen LogP contribution >= 0.6 is 0 Å². The van der Waals surface area contributed by atoms with Crippen LogP contribution < -0.4 is 15.7 Å². The van der Waals surface area contributed by atoms with Gasteiger partial charge in [-0.1, -0.05) is 26.7 Å². The predicted octanol–water partition coefficient (Wildman–Crippen LogP) is 2.98. The van der Waals surface area contributed by atoms with E-state index in [0.29, 0.717) is 45.2 Å². The van der Waals surface area contributed by atoms with Crippen molar-refractivity contribution in [3.05, 3.63) is 27.8 Å². The maximum Gasteiger partial charge on any atom is 0.266 e. The van der Waals surface area contributed by atoms with Gasteiger partial charge in [0.2, 0.25) is 10.0 Å². The summed E-state index contributed by atoms with van der Waals surface area (Å²) < 4.78 is 27.1. The van der Waals surface area contributed by atoms with Gasteiger partial charge in [0.05, 0.1) is 0 Å². The first-order valence-electron chi connectivity index (χ1n) is 13.0. The molecule has 0 radical (unpaired) electrons. The Morgan fingerprint density at radius 1 is 1.03 bits per heavy atom. The van der Waals surface area contributed by atoms with Crippen LogP contribution in [0.1, 0.15) is 67.3 Å². The van der Waals surface area contributed by atoms with Crippen molar-refractivity contribution in [1.29, 1.82) is 0 Å². The van der Waals surface area contributed by atoms with Crippen molar-refractivity contribution in [3.63, 3.8) is 0 Å². The highest BCUT2D eigenvalue weighted by molar-refractivity contribution is 7.91. The predicted molar refractivity (Wildman–Crippen MR) is 141 cm³/mol. The zero-order valence-electron chi connectivity index (χ0n) is 22.3. The van der Waals surface area contributed by atoms with Gasteiger partial charge in [0.25, 0.3) is 5.91 Å². The lowest BCUT2D eigenvalue weighted by Gasteiger charge is -2.43. The number of anilines is 1. The molecule has 2 heterocycles. The quantitative estimate of drug-likeness (QED) is 0.369. The molecule has 2 aliphatic rings. The lowest BCUT2D eigenvalue weighted by Crippen LogP contribution is -2.63. The van der Waals surface area contributed by atoms with Gasteiger partial charge in [-0.25, -0.2) is 13.9 Å². The maximum absolute atomic E-state index is 13.7. The number of hydroxylamine groups is 1. The van der Waals surface area contributed by atoms with Gasteiger partial charge in [0.1, 0.15) is 0 Å². The molecule has 1 amide bonds. The van der Waals surface area contributed by atoms with Crippen LogP contribution in [0, 0.1) is 33.6 Å². The zero-order chi connectivity index (χ0) is 26.0. The molecule has 2 fully saturated rings. The highest BCUT2D eigenvalue weighted by Crippen LogP contribution is 2.37. The van der Waals surface area contributed by atoms with E-state index in [1.807, 2.05) is 0 Å². The average Bonchev–Trinajstić information content (AvgIpc) is 2.86. The molecule has 1 aromatic rings. The molecule has 0 saturated carbocycles. The molecule has 0 aliphatic carbocycles. The first kappa shape index (κ1) is 27.9. The molecule has 1 aromatic carbocycles. The van der Waals surface area contributed by atoms with Crippen LogP contribution in [-0.2, 0) is 21.2 Å². The SMILES string of the molecule is CCCC(C)Cc1c(C)c(C)c(N2CCN(S(=O)(=O)C3(C(=O)NO)CCNCC3)CC2)c(C)c1C. The Hall–Kier alpha value is -1.68. The molecule has 1 unspecified atom stereocenters. The van der Waals surface area contributed by atoms with E-state index in [9.17, 15) is 18.4 Å². The van der Waals surface area contributed by atoms with Crippen molar-refractivity contribution >= 4 is 21.6 Å². The molecule has 198 valence electrons. The molecule has 9 heteroatoms. The summed E-state index contributed by atoms with van der Waals surface area (Å²) >= 11 is 0. The topological polar surface area (TPSA) is 102 Å². The fraction of sp³-hybridized carbons (Fsp3) is 0.731. The summed E-state index contributed by atoms with van der Waals surface area (Å²) in [6.45, 7) is 16.0. The van der Waals surface area contributed by atoms with Crippen molar-refractivity contribution in [2.24, 2.45) is 5.92 Å². The highest BCUT2D eigenvalue weighted by Gasteiger charge is 2.54. The Morgan fingerprint density at radius 2 is 1.57 bits per heavy atom. The summed E-state index contributed by atoms with van der Waals surface area (Å²) in [6, 6.07) is 0. The monoisotopic (exact) mass is 508 g/mol. The number of carbonyl (C=O) groups is 1. The van der Waals surface area contributed by atoms with Gasteiger partial charge in [-0.05, 0) is 93.8 Å². The number of benzene rings is 1. The van der Waals surface area contributed by atoms with Crippen LogP contribution in [0.3, 0.4) is 0 Å². The van der Waals surface area contributed by atoms with Gasteiger partial charge in [-0.15, -0.1) is 0 Å². The largest absolute Gasteiger partial charge is 0.368 e. The number of amides is 1. The number of nitrogens with zero attached hydrogens (tertiary/aromatic N) is 2. The summed E-state index contributed by atoms with van der Waals surface area (Å²) in [6.07, 6.45) is 3.80. The van der Waals surface area contributed by atoms with Crippen molar-refractivity contribution < 1.29 is 18.4 Å². The minimum absolute atomic E-state index is 0.149. The third kappa shape index (κ3) is 5.10. The average molecular weight is 509 g/mol. The van der Waals surface area contributed by atoms with Crippen LogP contribution in [0.4, 0.5) is 5.69 Å². The number of nitrogens with one attached hydrogen (secondary N) is 2.